The molecule has 1 heterocycles. The predicted molar refractivity (Wildman–Crippen MR) is 63.5 cm³/mol. The van der Waals surface area contributed by atoms with E-state index in [0.29, 0.717) is 6.54 Å². The molecule has 0 amide bonds. The summed E-state index contributed by atoms with van der Waals surface area (Å²) in [4.78, 5) is 0. The number of rotatable bonds is 3. The van der Waals surface area contributed by atoms with E-state index in [2.05, 4.69) is 0 Å². The Kier molecular flexibility index (Phi) is 3.50. The Labute approximate surface area is 98.4 Å². The minimum Gasteiger partial charge on any atom is -0.329 e. The Hall–Kier alpha value is -0.610. The van der Waals surface area contributed by atoms with Gasteiger partial charge in [0.15, 0.2) is 11.6 Å². The van der Waals surface area contributed by atoms with E-state index < -0.39 is 11.6 Å². The molecule has 0 bridgehead atoms. The van der Waals surface area contributed by atoms with Crippen LogP contribution < -0.4 is 5.73 Å². The topological polar surface area (TPSA) is 26.0 Å². The van der Waals surface area contributed by atoms with Gasteiger partial charge in [0.2, 0.25) is 0 Å². The summed E-state index contributed by atoms with van der Waals surface area (Å²) in [7, 11) is 0. The molecule has 0 radical (unpaired) electrons. The lowest BCUT2D eigenvalue weighted by molar-refractivity contribution is 0.503. The third-order valence-corrected chi connectivity index (χ3v) is 4.69. The van der Waals surface area contributed by atoms with E-state index in [1.54, 1.807) is 6.07 Å². The lowest BCUT2D eigenvalue weighted by Crippen LogP contribution is -2.34. The zero-order valence-electron chi connectivity index (χ0n) is 9.01. The summed E-state index contributed by atoms with van der Waals surface area (Å²) in [6, 6.07) is 4.12. The van der Waals surface area contributed by atoms with Gasteiger partial charge in [-0.2, -0.15) is 11.8 Å². The maximum Gasteiger partial charge on any atom is 0.159 e. The first-order chi connectivity index (χ1) is 7.65. The van der Waals surface area contributed by atoms with Crippen molar-refractivity contribution in [3.05, 3.63) is 35.4 Å². The van der Waals surface area contributed by atoms with Crippen LogP contribution in [0.1, 0.15) is 18.4 Å². The summed E-state index contributed by atoms with van der Waals surface area (Å²) in [6.07, 6.45) is 2.95. The number of benzene rings is 1. The van der Waals surface area contributed by atoms with Crippen LogP contribution in [0.2, 0.25) is 0 Å². The van der Waals surface area contributed by atoms with Gasteiger partial charge in [-0.15, -0.1) is 0 Å². The van der Waals surface area contributed by atoms with Crippen molar-refractivity contribution in [3.63, 3.8) is 0 Å². The molecule has 0 aliphatic carbocycles. The van der Waals surface area contributed by atoms with Crippen LogP contribution in [0.4, 0.5) is 8.78 Å². The highest BCUT2D eigenvalue weighted by Crippen LogP contribution is 2.40. The summed E-state index contributed by atoms with van der Waals surface area (Å²) >= 11 is 1.85. The van der Waals surface area contributed by atoms with Crippen molar-refractivity contribution in [2.75, 3.05) is 12.3 Å². The van der Waals surface area contributed by atoms with E-state index in [9.17, 15) is 8.78 Å². The first kappa shape index (κ1) is 11.9. The van der Waals surface area contributed by atoms with E-state index >= 15 is 0 Å². The second-order valence-corrected chi connectivity index (χ2v) is 5.83. The van der Waals surface area contributed by atoms with Crippen molar-refractivity contribution in [2.24, 2.45) is 5.73 Å². The smallest absolute Gasteiger partial charge is 0.159 e. The molecule has 1 aromatic rings. The molecule has 16 heavy (non-hydrogen) atoms. The second kappa shape index (κ2) is 4.72. The Morgan fingerprint density at radius 2 is 2.12 bits per heavy atom. The number of hydrogen-bond donors (Lipinski definition) is 1. The fourth-order valence-corrected chi connectivity index (χ4v) is 3.55. The summed E-state index contributed by atoms with van der Waals surface area (Å²) in [6.45, 7) is 0.594. The molecule has 0 aromatic heterocycles. The largest absolute Gasteiger partial charge is 0.329 e. The normalized spacial score (nSPS) is 24.9. The van der Waals surface area contributed by atoms with Gasteiger partial charge < -0.3 is 5.73 Å². The minimum absolute atomic E-state index is 0.0320. The van der Waals surface area contributed by atoms with Crippen molar-refractivity contribution in [3.8, 4) is 0 Å². The molecule has 1 saturated heterocycles. The third-order valence-electron chi connectivity index (χ3n) is 3.07. The maximum atomic E-state index is 13.1. The average Bonchev–Trinajstić information content (AvgIpc) is 2.73. The quantitative estimate of drug-likeness (QED) is 0.883. The van der Waals surface area contributed by atoms with Crippen molar-refractivity contribution < 1.29 is 8.78 Å². The van der Waals surface area contributed by atoms with E-state index in [-0.39, 0.29) is 4.75 Å². The van der Waals surface area contributed by atoms with Crippen molar-refractivity contribution in [1.29, 1.82) is 0 Å². The molecule has 1 aromatic carbocycles. The fraction of sp³-hybridized carbons (Fsp3) is 0.500. The van der Waals surface area contributed by atoms with Crippen LogP contribution in [-0.2, 0) is 6.42 Å². The SMILES string of the molecule is NCC1(Cc2ccc(F)c(F)c2)CCCS1. The molecule has 2 N–H and O–H groups in total. The third kappa shape index (κ3) is 2.38. The van der Waals surface area contributed by atoms with Gasteiger partial charge in [-0.1, -0.05) is 6.07 Å². The van der Waals surface area contributed by atoms with Crippen LogP contribution >= 0.6 is 11.8 Å². The lowest BCUT2D eigenvalue weighted by atomic mass is 9.94. The molecule has 1 unspecified atom stereocenters. The monoisotopic (exact) mass is 243 g/mol. The van der Waals surface area contributed by atoms with Crippen LogP contribution in [0.25, 0.3) is 0 Å². The molecule has 88 valence electrons. The van der Waals surface area contributed by atoms with Gasteiger partial charge in [0, 0.05) is 11.3 Å². The second-order valence-electron chi connectivity index (χ2n) is 4.26. The van der Waals surface area contributed by atoms with Crippen LogP contribution in [0, 0.1) is 11.6 Å². The van der Waals surface area contributed by atoms with Gasteiger partial charge in [0.05, 0.1) is 0 Å². The van der Waals surface area contributed by atoms with Gasteiger partial charge in [-0.3, -0.25) is 0 Å². The summed E-state index contributed by atoms with van der Waals surface area (Å²) < 4.78 is 25.9. The Morgan fingerprint density at radius 1 is 1.31 bits per heavy atom. The molecular weight excluding hydrogens is 228 g/mol. The first-order valence-electron chi connectivity index (χ1n) is 5.43. The van der Waals surface area contributed by atoms with E-state index in [1.807, 2.05) is 11.8 Å². The van der Waals surface area contributed by atoms with Crippen LogP contribution in [0.15, 0.2) is 18.2 Å². The number of hydrogen-bond acceptors (Lipinski definition) is 2. The highest BCUT2D eigenvalue weighted by molar-refractivity contribution is 8.00. The van der Waals surface area contributed by atoms with Crippen molar-refractivity contribution >= 4 is 11.8 Å². The Balaban J connectivity index is 2.16. The molecule has 4 heteroatoms. The summed E-state index contributed by atoms with van der Waals surface area (Å²) in [5.74, 6) is -0.446. The molecule has 1 atom stereocenters. The molecule has 1 nitrogen and oxygen atoms in total. The maximum absolute atomic E-state index is 13.1. The molecule has 0 saturated carbocycles. The molecule has 0 spiro atoms. The summed E-state index contributed by atoms with van der Waals surface area (Å²) in [5.41, 5.74) is 6.63. The fourth-order valence-electron chi connectivity index (χ4n) is 2.15. The van der Waals surface area contributed by atoms with Crippen LogP contribution in [0.3, 0.4) is 0 Å². The van der Waals surface area contributed by atoms with E-state index in [4.69, 9.17) is 5.73 Å². The zero-order valence-corrected chi connectivity index (χ0v) is 9.83. The minimum atomic E-state index is -0.787. The van der Waals surface area contributed by atoms with Gasteiger partial charge in [-0.05, 0) is 42.7 Å². The predicted octanol–water partition coefficient (Wildman–Crippen LogP) is 2.73. The first-order valence-corrected chi connectivity index (χ1v) is 6.42. The number of halogens is 2. The summed E-state index contributed by atoms with van der Waals surface area (Å²) in [5, 5.41) is 0. The molecular formula is C12H15F2NS. The highest BCUT2D eigenvalue weighted by Gasteiger charge is 2.33. The van der Waals surface area contributed by atoms with Gasteiger partial charge in [-0.25, -0.2) is 8.78 Å². The zero-order chi connectivity index (χ0) is 11.6. The molecule has 1 aliphatic heterocycles. The average molecular weight is 243 g/mol. The Morgan fingerprint density at radius 3 is 2.69 bits per heavy atom. The Bertz CT molecular complexity index is 375. The van der Waals surface area contributed by atoms with Gasteiger partial charge >= 0.3 is 0 Å². The lowest BCUT2D eigenvalue weighted by Gasteiger charge is -2.26. The number of nitrogens with two attached hydrogens (primary N) is 1. The highest BCUT2D eigenvalue weighted by atomic mass is 32.2. The van der Waals surface area contributed by atoms with Gasteiger partial charge in [0.25, 0.3) is 0 Å². The van der Waals surface area contributed by atoms with E-state index in [1.165, 1.54) is 12.1 Å². The number of thioether (sulfide) groups is 1. The molecule has 1 fully saturated rings. The molecule has 2 rings (SSSR count). The van der Waals surface area contributed by atoms with Crippen LogP contribution in [-0.4, -0.2) is 17.0 Å². The van der Waals surface area contributed by atoms with E-state index in [0.717, 1.165) is 30.6 Å². The van der Waals surface area contributed by atoms with Gasteiger partial charge in [0.1, 0.15) is 0 Å². The molecule has 1 aliphatic rings. The van der Waals surface area contributed by atoms with Crippen molar-refractivity contribution in [1.82, 2.24) is 0 Å². The standard InChI is InChI=1S/C12H15F2NS/c13-10-3-2-9(6-11(10)14)7-12(8-15)4-1-5-16-12/h2-3,6H,1,4-5,7-8,15H2. The van der Waals surface area contributed by atoms with Crippen LogP contribution in [0.5, 0.6) is 0 Å². The van der Waals surface area contributed by atoms with Crippen molar-refractivity contribution in [2.45, 2.75) is 24.0 Å².